The fourth-order valence-electron chi connectivity index (χ4n) is 2.66. The molecule has 2 N–H and O–H groups in total. The summed E-state index contributed by atoms with van der Waals surface area (Å²) in [6.07, 6.45) is 7.26. The molecule has 3 heteroatoms. The van der Waals surface area contributed by atoms with Gasteiger partial charge in [-0.1, -0.05) is 26.3 Å². The summed E-state index contributed by atoms with van der Waals surface area (Å²) in [5.41, 5.74) is 0.514. The van der Waals surface area contributed by atoms with Gasteiger partial charge in [-0.3, -0.25) is 4.99 Å². The van der Waals surface area contributed by atoms with E-state index in [4.69, 9.17) is 0 Å². The molecule has 0 amide bonds. The van der Waals surface area contributed by atoms with Crippen LogP contribution in [0, 0.1) is 11.3 Å². The Hall–Kier alpha value is -0.990. The molecule has 0 aliphatic heterocycles. The van der Waals surface area contributed by atoms with Crippen molar-refractivity contribution in [2.45, 2.75) is 39.5 Å². The highest BCUT2D eigenvalue weighted by Gasteiger charge is 2.37. The van der Waals surface area contributed by atoms with Gasteiger partial charge in [0.05, 0.1) is 0 Å². The highest BCUT2D eigenvalue weighted by atomic mass is 15.2. The summed E-state index contributed by atoms with van der Waals surface area (Å²) in [7, 11) is 1.81. The van der Waals surface area contributed by atoms with Gasteiger partial charge < -0.3 is 10.6 Å². The number of aliphatic imine (C=N–C) groups is 1. The normalized spacial score (nSPS) is 18.7. The molecule has 98 valence electrons. The lowest BCUT2D eigenvalue weighted by molar-refractivity contribution is 0.105. The van der Waals surface area contributed by atoms with E-state index in [1.54, 1.807) is 0 Å². The molecule has 0 aromatic carbocycles. The van der Waals surface area contributed by atoms with Gasteiger partial charge in [0.15, 0.2) is 5.96 Å². The maximum atomic E-state index is 4.21. The maximum Gasteiger partial charge on any atom is 0.191 e. The summed E-state index contributed by atoms with van der Waals surface area (Å²) in [5, 5.41) is 6.66. The highest BCUT2D eigenvalue weighted by Crippen LogP contribution is 2.45. The van der Waals surface area contributed by atoms with Gasteiger partial charge in [-0.15, -0.1) is 6.58 Å². The van der Waals surface area contributed by atoms with E-state index in [1.807, 2.05) is 13.1 Å². The smallest absolute Gasteiger partial charge is 0.191 e. The lowest BCUT2D eigenvalue weighted by Crippen LogP contribution is -2.47. The monoisotopic (exact) mass is 237 g/mol. The van der Waals surface area contributed by atoms with Crippen LogP contribution in [-0.4, -0.2) is 26.1 Å². The molecule has 17 heavy (non-hydrogen) atoms. The van der Waals surface area contributed by atoms with E-state index in [-0.39, 0.29) is 0 Å². The first-order chi connectivity index (χ1) is 8.12. The first-order valence-electron chi connectivity index (χ1n) is 6.67. The van der Waals surface area contributed by atoms with E-state index in [1.165, 1.54) is 25.7 Å². The Morgan fingerprint density at radius 3 is 2.53 bits per heavy atom. The molecule has 1 saturated carbocycles. The number of nitrogens with one attached hydrogen (secondary N) is 2. The van der Waals surface area contributed by atoms with Gasteiger partial charge in [-0.05, 0) is 30.6 Å². The molecule has 1 aliphatic carbocycles. The second kappa shape index (κ2) is 6.67. The predicted octanol–water partition coefficient (Wildman–Crippen LogP) is 2.55. The van der Waals surface area contributed by atoms with Crippen LogP contribution in [0.2, 0.25) is 0 Å². The van der Waals surface area contributed by atoms with E-state index in [0.717, 1.165) is 25.0 Å². The third-order valence-electron chi connectivity index (χ3n) is 3.52. The van der Waals surface area contributed by atoms with Crippen LogP contribution >= 0.6 is 0 Å². The topological polar surface area (TPSA) is 36.4 Å². The van der Waals surface area contributed by atoms with E-state index in [0.29, 0.717) is 5.41 Å². The van der Waals surface area contributed by atoms with Crippen molar-refractivity contribution in [3.63, 3.8) is 0 Å². The van der Waals surface area contributed by atoms with Crippen LogP contribution in [0.5, 0.6) is 0 Å². The third kappa shape index (κ3) is 4.41. The van der Waals surface area contributed by atoms with Crippen molar-refractivity contribution in [2.75, 3.05) is 20.1 Å². The Kier molecular flexibility index (Phi) is 5.52. The van der Waals surface area contributed by atoms with Crippen LogP contribution < -0.4 is 10.6 Å². The molecule has 0 saturated heterocycles. The fraction of sp³-hybridized carbons (Fsp3) is 0.786. The van der Waals surface area contributed by atoms with Crippen LogP contribution in [0.1, 0.15) is 39.5 Å². The first kappa shape index (κ1) is 14.1. The largest absolute Gasteiger partial charge is 0.356 e. The summed E-state index contributed by atoms with van der Waals surface area (Å²) >= 11 is 0. The second-order valence-electron chi connectivity index (χ2n) is 5.55. The van der Waals surface area contributed by atoms with Crippen LogP contribution in [0.15, 0.2) is 17.6 Å². The Labute approximate surface area is 106 Å². The van der Waals surface area contributed by atoms with Gasteiger partial charge >= 0.3 is 0 Å². The summed E-state index contributed by atoms with van der Waals surface area (Å²) in [6, 6.07) is 0. The molecule has 0 spiro atoms. The molecule has 1 aliphatic rings. The lowest BCUT2D eigenvalue weighted by atomic mass is 9.64. The fourth-order valence-corrected chi connectivity index (χ4v) is 2.66. The van der Waals surface area contributed by atoms with Crippen molar-refractivity contribution in [3.8, 4) is 0 Å². The second-order valence-corrected chi connectivity index (χ2v) is 5.55. The molecular formula is C14H27N3. The molecule has 1 rings (SSSR count). The Balaban J connectivity index is 2.38. The number of guanidine groups is 1. The average molecular weight is 237 g/mol. The van der Waals surface area contributed by atoms with Crippen LogP contribution in [0.3, 0.4) is 0 Å². The number of nitrogens with zero attached hydrogens (tertiary/aromatic N) is 1. The summed E-state index contributed by atoms with van der Waals surface area (Å²) in [5.74, 6) is 1.67. The zero-order chi connectivity index (χ0) is 12.7. The van der Waals surface area contributed by atoms with Crippen molar-refractivity contribution in [1.29, 1.82) is 0 Å². The minimum Gasteiger partial charge on any atom is -0.356 e. The van der Waals surface area contributed by atoms with Crippen molar-refractivity contribution in [3.05, 3.63) is 12.7 Å². The maximum absolute atomic E-state index is 4.21. The minimum atomic E-state index is 0.514. The number of rotatable bonds is 6. The summed E-state index contributed by atoms with van der Waals surface area (Å²) in [6.45, 7) is 10.1. The molecule has 0 atom stereocenters. The SMILES string of the molecule is C=CCNC(=NC)NCC1(CC(C)C)CCC1. The van der Waals surface area contributed by atoms with Gasteiger partial charge in [-0.2, -0.15) is 0 Å². The molecule has 1 fully saturated rings. The standard InChI is InChI=1S/C14H27N3/c1-5-9-16-13(15-4)17-11-14(7-6-8-14)10-12(2)3/h5,12H,1,6-11H2,2-4H3,(H2,15,16,17). The zero-order valence-corrected chi connectivity index (χ0v) is 11.6. The van der Waals surface area contributed by atoms with E-state index >= 15 is 0 Å². The molecule has 0 unspecified atom stereocenters. The van der Waals surface area contributed by atoms with Crippen LogP contribution in [-0.2, 0) is 0 Å². The van der Waals surface area contributed by atoms with Crippen molar-refractivity contribution >= 4 is 5.96 Å². The Morgan fingerprint density at radius 2 is 2.12 bits per heavy atom. The van der Waals surface area contributed by atoms with Gasteiger partial charge in [-0.25, -0.2) is 0 Å². The van der Waals surface area contributed by atoms with Crippen LogP contribution in [0.4, 0.5) is 0 Å². The van der Waals surface area contributed by atoms with Gasteiger partial charge in [0.2, 0.25) is 0 Å². The van der Waals surface area contributed by atoms with E-state index in [2.05, 4.69) is 36.1 Å². The van der Waals surface area contributed by atoms with E-state index in [9.17, 15) is 0 Å². The molecule has 0 aromatic rings. The van der Waals surface area contributed by atoms with Crippen molar-refractivity contribution in [2.24, 2.45) is 16.3 Å². The summed E-state index contributed by atoms with van der Waals surface area (Å²) in [4.78, 5) is 4.21. The Morgan fingerprint density at radius 1 is 1.41 bits per heavy atom. The first-order valence-corrected chi connectivity index (χ1v) is 6.67. The molecular weight excluding hydrogens is 210 g/mol. The highest BCUT2D eigenvalue weighted by molar-refractivity contribution is 5.79. The van der Waals surface area contributed by atoms with Crippen molar-refractivity contribution in [1.82, 2.24) is 10.6 Å². The lowest BCUT2D eigenvalue weighted by Gasteiger charge is -2.43. The van der Waals surface area contributed by atoms with Crippen LogP contribution in [0.25, 0.3) is 0 Å². The third-order valence-corrected chi connectivity index (χ3v) is 3.52. The summed E-state index contributed by atoms with van der Waals surface area (Å²) < 4.78 is 0. The predicted molar refractivity (Wildman–Crippen MR) is 75.3 cm³/mol. The number of hydrogen-bond donors (Lipinski definition) is 2. The molecule has 0 aromatic heterocycles. The van der Waals surface area contributed by atoms with Gasteiger partial charge in [0, 0.05) is 20.1 Å². The van der Waals surface area contributed by atoms with E-state index < -0.39 is 0 Å². The van der Waals surface area contributed by atoms with Crippen molar-refractivity contribution < 1.29 is 0 Å². The molecule has 0 heterocycles. The zero-order valence-electron chi connectivity index (χ0n) is 11.6. The number of hydrogen-bond acceptors (Lipinski definition) is 1. The Bertz CT molecular complexity index is 265. The van der Waals surface area contributed by atoms with Gasteiger partial charge in [0.25, 0.3) is 0 Å². The quantitative estimate of drug-likeness (QED) is 0.423. The molecule has 0 bridgehead atoms. The average Bonchev–Trinajstić information content (AvgIpc) is 2.25. The molecule has 0 radical (unpaired) electrons. The minimum absolute atomic E-state index is 0.514. The molecule has 3 nitrogen and oxygen atoms in total. The van der Waals surface area contributed by atoms with Gasteiger partial charge in [0.1, 0.15) is 0 Å².